The summed E-state index contributed by atoms with van der Waals surface area (Å²) in [6.07, 6.45) is 0.180. The number of aliphatic carboxylic acids is 1. The van der Waals surface area contributed by atoms with Crippen LogP contribution in [-0.2, 0) is 14.4 Å². The van der Waals surface area contributed by atoms with Gasteiger partial charge in [0.2, 0.25) is 11.8 Å². The molecule has 122 valence electrons. The van der Waals surface area contributed by atoms with E-state index in [0.717, 1.165) is 5.01 Å². The first kappa shape index (κ1) is 16.5. The fourth-order valence-electron chi connectivity index (χ4n) is 2.12. The Morgan fingerprint density at radius 2 is 1.87 bits per heavy atom. The van der Waals surface area contributed by atoms with Crippen LogP contribution in [0.3, 0.4) is 0 Å². The highest BCUT2D eigenvalue weighted by Crippen LogP contribution is 2.18. The highest BCUT2D eigenvalue weighted by molar-refractivity contribution is 6.01. The summed E-state index contributed by atoms with van der Waals surface area (Å²) in [6.45, 7) is 0.108. The summed E-state index contributed by atoms with van der Waals surface area (Å²) in [4.78, 5) is 47.2. The van der Waals surface area contributed by atoms with Crippen molar-refractivity contribution in [2.24, 2.45) is 0 Å². The zero-order valence-corrected chi connectivity index (χ0v) is 12.6. The molecule has 0 unspecified atom stereocenters. The van der Waals surface area contributed by atoms with Crippen LogP contribution in [0.2, 0.25) is 0 Å². The molecule has 0 aromatic heterocycles. The molecule has 8 nitrogen and oxygen atoms in total. The van der Waals surface area contributed by atoms with Crippen LogP contribution in [0, 0.1) is 0 Å². The van der Waals surface area contributed by atoms with Gasteiger partial charge in [-0.15, -0.1) is 0 Å². The fraction of sp³-hybridized carbons (Fsp3) is 0.333. The number of hydrogen-bond acceptors (Lipinski definition) is 4. The quantitative estimate of drug-likeness (QED) is 0.816. The first-order valence-electron chi connectivity index (χ1n) is 7.08. The maximum Gasteiger partial charge on any atom is 0.305 e. The van der Waals surface area contributed by atoms with Gasteiger partial charge in [-0.25, -0.2) is 5.01 Å². The molecular weight excluding hydrogens is 302 g/mol. The van der Waals surface area contributed by atoms with Crippen LogP contribution in [0.5, 0.6) is 0 Å². The lowest BCUT2D eigenvalue weighted by Crippen LogP contribution is -2.50. The minimum Gasteiger partial charge on any atom is -0.481 e. The summed E-state index contributed by atoms with van der Waals surface area (Å²) >= 11 is 0. The van der Waals surface area contributed by atoms with Crippen molar-refractivity contribution in [3.05, 3.63) is 29.8 Å². The Labute approximate surface area is 132 Å². The zero-order chi connectivity index (χ0) is 17.0. The molecule has 2 N–H and O–H groups in total. The minimum absolute atomic E-state index is 0.108. The van der Waals surface area contributed by atoms with Crippen molar-refractivity contribution >= 4 is 29.4 Å². The van der Waals surface area contributed by atoms with Gasteiger partial charge in [0.05, 0.1) is 12.1 Å². The van der Waals surface area contributed by atoms with Crippen LogP contribution < -0.4 is 10.4 Å². The number of rotatable bonds is 5. The lowest BCUT2D eigenvalue weighted by molar-refractivity contribution is -0.137. The highest BCUT2D eigenvalue weighted by Gasteiger charge is 2.24. The number of carboxylic acid groups (broad SMARTS) is 1. The van der Waals surface area contributed by atoms with Crippen molar-refractivity contribution < 1.29 is 24.3 Å². The van der Waals surface area contributed by atoms with E-state index >= 15 is 0 Å². The molecule has 0 atom stereocenters. The van der Waals surface area contributed by atoms with Gasteiger partial charge in [-0.05, 0) is 24.3 Å². The third-order valence-electron chi connectivity index (χ3n) is 3.43. The van der Waals surface area contributed by atoms with Crippen molar-refractivity contribution in [3.63, 3.8) is 0 Å². The third kappa shape index (κ3) is 4.06. The highest BCUT2D eigenvalue weighted by atomic mass is 16.4. The summed E-state index contributed by atoms with van der Waals surface area (Å²) < 4.78 is 0. The molecule has 1 fully saturated rings. The van der Waals surface area contributed by atoms with Gasteiger partial charge >= 0.3 is 5.97 Å². The Kier molecular flexibility index (Phi) is 4.95. The third-order valence-corrected chi connectivity index (χ3v) is 3.43. The fourth-order valence-corrected chi connectivity index (χ4v) is 2.12. The first-order valence-corrected chi connectivity index (χ1v) is 7.08. The number of carboxylic acids is 1. The second kappa shape index (κ2) is 6.91. The molecule has 0 saturated carbocycles. The van der Waals surface area contributed by atoms with E-state index < -0.39 is 5.97 Å². The predicted molar refractivity (Wildman–Crippen MR) is 80.5 cm³/mol. The Balaban J connectivity index is 2.06. The summed E-state index contributed by atoms with van der Waals surface area (Å²) in [7, 11) is 1.52. The maximum atomic E-state index is 12.1. The van der Waals surface area contributed by atoms with Gasteiger partial charge in [0.1, 0.15) is 0 Å². The van der Waals surface area contributed by atoms with E-state index in [0.29, 0.717) is 11.3 Å². The molecule has 0 aliphatic carbocycles. The summed E-state index contributed by atoms with van der Waals surface area (Å²) in [5, 5.41) is 9.79. The van der Waals surface area contributed by atoms with Gasteiger partial charge in [-0.3, -0.25) is 24.6 Å². The van der Waals surface area contributed by atoms with Crippen molar-refractivity contribution in [3.8, 4) is 0 Å². The first-order chi connectivity index (χ1) is 10.9. The molecule has 23 heavy (non-hydrogen) atoms. The number of hydrazine groups is 1. The van der Waals surface area contributed by atoms with Crippen LogP contribution in [0.25, 0.3) is 0 Å². The topological polar surface area (TPSA) is 107 Å². The van der Waals surface area contributed by atoms with Gasteiger partial charge in [0, 0.05) is 32.0 Å². The second-order valence-corrected chi connectivity index (χ2v) is 5.18. The normalized spacial score (nSPS) is 14.4. The van der Waals surface area contributed by atoms with E-state index in [9.17, 15) is 19.2 Å². The maximum absolute atomic E-state index is 12.1. The van der Waals surface area contributed by atoms with Crippen molar-refractivity contribution in [1.82, 2.24) is 10.3 Å². The van der Waals surface area contributed by atoms with Gasteiger partial charge in [-0.2, -0.15) is 0 Å². The molecule has 0 spiro atoms. The Morgan fingerprint density at radius 1 is 1.22 bits per heavy atom. The number of anilines is 1. The molecule has 0 bridgehead atoms. The van der Waals surface area contributed by atoms with Gasteiger partial charge in [0.25, 0.3) is 5.91 Å². The van der Waals surface area contributed by atoms with E-state index in [2.05, 4.69) is 5.43 Å². The molecule has 1 aromatic rings. The Bertz CT molecular complexity index is 641. The zero-order valence-electron chi connectivity index (χ0n) is 12.6. The van der Waals surface area contributed by atoms with E-state index in [1.807, 2.05) is 0 Å². The number of nitrogens with one attached hydrogen (secondary N) is 1. The minimum atomic E-state index is -0.973. The molecular formula is C15H17N3O5. The van der Waals surface area contributed by atoms with Gasteiger partial charge in [0.15, 0.2) is 0 Å². The molecule has 0 radical (unpaired) electrons. The number of nitrogens with zero attached hydrogens (tertiary/aromatic N) is 2. The average molecular weight is 319 g/mol. The smallest absolute Gasteiger partial charge is 0.305 e. The predicted octanol–water partition coefficient (Wildman–Crippen LogP) is 0.391. The molecule has 1 aliphatic heterocycles. The monoisotopic (exact) mass is 319 g/mol. The SMILES string of the molecule is CN(CCC(=O)O)C(=O)c1ccc(N2NC(=O)CCC2=O)cc1. The summed E-state index contributed by atoms with van der Waals surface area (Å²) in [5.74, 6) is -1.74. The number of carbonyl (C=O) groups excluding carboxylic acids is 3. The Morgan fingerprint density at radius 3 is 2.48 bits per heavy atom. The number of hydrogen-bond donors (Lipinski definition) is 2. The van der Waals surface area contributed by atoms with E-state index in [4.69, 9.17) is 5.11 Å². The van der Waals surface area contributed by atoms with Crippen LogP contribution >= 0.6 is 0 Å². The number of carbonyl (C=O) groups is 4. The molecule has 1 aromatic carbocycles. The van der Waals surface area contributed by atoms with E-state index in [1.165, 1.54) is 24.1 Å². The van der Waals surface area contributed by atoms with Gasteiger partial charge in [-0.1, -0.05) is 0 Å². The van der Waals surface area contributed by atoms with Crippen LogP contribution in [-0.4, -0.2) is 47.3 Å². The molecule has 2 rings (SSSR count). The lowest BCUT2D eigenvalue weighted by atomic mass is 10.1. The molecule has 8 heteroatoms. The molecule has 3 amide bonds. The van der Waals surface area contributed by atoms with Crippen LogP contribution in [0.1, 0.15) is 29.6 Å². The van der Waals surface area contributed by atoms with Crippen LogP contribution in [0.15, 0.2) is 24.3 Å². The Hall–Kier alpha value is -2.90. The summed E-state index contributed by atoms with van der Waals surface area (Å²) in [6, 6.07) is 6.18. The van der Waals surface area contributed by atoms with Crippen molar-refractivity contribution in [2.45, 2.75) is 19.3 Å². The number of benzene rings is 1. The molecule has 1 aliphatic rings. The standard InChI is InChI=1S/C15H17N3O5/c1-17(9-8-14(21)22)15(23)10-2-4-11(5-3-10)18-13(20)7-6-12(19)16-18/h2-5H,6-9H2,1H3,(H,16,19)(H,21,22). The summed E-state index contributed by atoms with van der Waals surface area (Å²) in [5.41, 5.74) is 3.31. The molecule has 1 heterocycles. The van der Waals surface area contributed by atoms with E-state index in [1.54, 1.807) is 12.1 Å². The van der Waals surface area contributed by atoms with Crippen molar-refractivity contribution in [1.29, 1.82) is 0 Å². The van der Waals surface area contributed by atoms with Gasteiger partial charge < -0.3 is 10.0 Å². The second-order valence-electron chi connectivity index (χ2n) is 5.18. The number of amides is 3. The van der Waals surface area contributed by atoms with E-state index in [-0.39, 0.29) is 43.5 Å². The largest absolute Gasteiger partial charge is 0.481 e. The average Bonchev–Trinajstić information content (AvgIpc) is 2.54. The van der Waals surface area contributed by atoms with Crippen molar-refractivity contribution in [2.75, 3.05) is 18.6 Å². The van der Waals surface area contributed by atoms with Crippen LogP contribution in [0.4, 0.5) is 5.69 Å². The lowest BCUT2D eigenvalue weighted by Gasteiger charge is -2.27. The molecule has 1 saturated heterocycles.